The predicted molar refractivity (Wildman–Crippen MR) is 208 cm³/mol. The quantitative estimate of drug-likeness (QED) is 0.0368. The summed E-state index contributed by atoms with van der Waals surface area (Å²) in [6.45, 7) is 9.39. The summed E-state index contributed by atoms with van der Waals surface area (Å²) in [5.74, 6) is 0. The molecule has 0 nitrogen and oxygen atoms in total. The van der Waals surface area contributed by atoms with Gasteiger partial charge in [-0.2, -0.15) is 0 Å². The van der Waals surface area contributed by atoms with Crippen LogP contribution in [0.3, 0.4) is 0 Å². The van der Waals surface area contributed by atoms with Crippen LogP contribution in [0.1, 0.15) is 233 Å². The van der Waals surface area contributed by atoms with Crippen molar-refractivity contribution in [3.63, 3.8) is 0 Å². The second kappa shape index (κ2) is 37.8. The summed E-state index contributed by atoms with van der Waals surface area (Å²) in [5, 5.41) is 0. The Bertz CT molecular complexity index is 424. The average Bonchev–Trinajstić information content (AvgIpc) is 2.98. The van der Waals surface area contributed by atoms with Gasteiger partial charge in [0.15, 0.2) is 0 Å². The van der Waals surface area contributed by atoms with Crippen LogP contribution in [0.25, 0.3) is 0 Å². The zero-order valence-corrected chi connectivity index (χ0v) is 30.8. The Morgan fingerprint density at radius 2 is 0.357 bits per heavy atom. The molecule has 0 saturated heterocycles. The molecule has 256 valence electrons. The zero-order chi connectivity index (χ0) is 30.0. The van der Waals surface area contributed by atoms with Gasteiger partial charge in [0.1, 0.15) is 0 Å². The van der Waals surface area contributed by atoms with E-state index < -0.39 is 7.26 Å². The number of hydrogen-bond acceptors (Lipinski definition) is 0. The molecule has 0 heterocycles. The van der Waals surface area contributed by atoms with E-state index in [1.165, 1.54) is 180 Å². The molecule has 0 N–H and O–H groups in total. The molecular formula is C40H88PSi+. The minimum absolute atomic E-state index is 0. The third-order valence-electron chi connectivity index (χ3n) is 9.94. The third kappa shape index (κ3) is 32.1. The smallest absolute Gasteiger partial charge is 0.0594 e. The molecule has 0 saturated carbocycles. The van der Waals surface area contributed by atoms with Crippen LogP contribution in [0.15, 0.2) is 0 Å². The van der Waals surface area contributed by atoms with Crippen LogP contribution in [-0.2, 0) is 0 Å². The molecule has 0 aliphatic heterocycles. The molecular weight excluding hydrogens is 540 g/mol. The number of unbranched alkanes of at least 4 members (excludes halogenated alkanes) is 28. The molecule has 0 aliphatic rings. The van der Waals surface area contributed by atoms with Crippen LogP contribution < -0.4 is 0 Å². The molecule has 42 heavy (non-hydrogen) atoms. The van der Waals surface area contributed by atoms with E-state index in [-0.39, 0.29) is 11.0 Å². The standard InChI is InChI=1S/C40H84P.H4Si/c1-5-9-13-17-21-22-23-24-25-26-27-28-32-36-40-41(37-33-29-18-14-10-6-2,38-34-30-19-15-11-7-3)39-35-31-20-16-12-8-4;/h5-40H2,1-4H3;1H4/q+1;. The van der Waals surface area contributed by atoms with Gasteiger partial charge in [0.25, 0.3) is 0 Å². The van der Waals surface area contributed by atoms with E-state index in [0.29, 0.717) is 0 Å². The van der Waals surface area contributed by atoms with Crippen LogP contribution >= 0.6 is 7.26 Å². The van der Waals surface area contributed by atoms with Gasteiger partial charge in [0, 0.05) is 7.26 Å². The van der Waals surface area contributed by atoms with Gasteiger partial charge in [-0.05, 0) is 62.3 Å². The maximum absolute atomic E-state index is 2.36. The van der Waals surface area contributed by atoms with E-state index in [9.17, 15) is 0 Å². The Hall–Kier alpha value is 0.647. The van der Waals surface area contributed by atoms with Crippen molar-refractivity contribution in [1.82, 2.24) is 0 Å². The van der Waals surface area contributed by atoms with Crippen molar-refractivity contribution in [3.05, 3.63) is 0 Å². The number of rotatable bonds is 36. The molecule has 0 bridgehead atoms. The molecule has 0 atom stereocenters. The normalized spacial score (nSPS) is 11.7. The second-order valence-electron chi connectivity index (χ2n) is 14.1. The van der Waals surface area contributed by atoms with E-state index >= 15 is 0 Å². The maximum Gasteiger partial charge on any atom is 0.0594 e. The fourth-order valence-corrected chi connectivity index (χ4v) is 11.9. The van der Waals surface area contributed by atoms with Crippen LogP contribution in [0.4, 0.5) is 0 Å². The Morgan fingerprint density at radius 3 is 0.524 bits per heavy atom. The fourth-order valence-electron chi connectivity index (χ4n) is 7.00. The molecule has 0 rings (SSSR count). The monoisotopic (exact) mass is 628 g/mol. The Balaban J connectivity index is 0. The van der Waals surface area contributed by atoms with Gasteiger partial charge in [-0.25, -0.2) is 0 Å². The van der Waals surface area contributed by atoms with Crippen molar-refractivity contribution in [2.24, 2.45) is 0 Å². The predicted octanol–water partition coefficient (Wildman–Crippen LogP) is 14.1. The minimum atomic E-state index is -0.747. The number of hydrogen-bond donors (Lipinski definition) is 0. The lowest BCUT2D eigenvalue weighted by Crippen LogP contribution is -2.13. The van der Waals surface area contributed by atoms with Gasteiger partial charge >= 0.3 is 0 Å². The molecule has 0 radical (unpaired) electrons. The van der Waals surface area contributed by atoms with E-state index in [0.717, 1.165) is 0 Å². The highest BCUT2D eigenvalue weighted by Gasteiger charge is 2.34. The first-order chi connectivity index (χ1) is 20.2. The molecule has 2 heteroatoms. The highest BCUT2D eigenvalue weighted by Crippen LogP contribution is 2.61. The molecule has 0 amide bonds. The van der Waals surface area contributed by atoms with Gasteiger partial charge in [0.05, 0.1) is 24.6 Å². The Morgan fingerprint density at radius 1 is 0.214 bits per heavy atom. The largest absolute Gasteiger partial charge is 0.0654 e. The lowest BCUT2D eigenvalue weighted by Gasteiger charge is -2.28. The van der Waals surface area contributed by atoms with Crippen LogP contribution in [0.5, 0.6) is 0 Å². The van der Waals surface area contributed by atoms with Crippen LogP contribution in [0.2, 0.25) is 0 Å². The van der Waals surface area contributed by atoms with Crippen molar-refractivity contribution in [1.29, 1.82) is 0 Å². The highest BCUT2D eigenvalue weighted by molar-refractivity contribution is 7.75. The van der Waals surface area contributed by atoms with Gasteiger partial charge in [0.2, 0.25) is 0 Å². The second-order valence-corrected chi connectivity index (χ2v) is 18.6. The summed E-state index contributed by atoms with van der Waals surface area (Å²) in [6, 6.07) is 0. The average molecular weight is 628 g/mol. The SMILES string of the molecule is CCCCCCCCCCCCCCCC[P+](CCCCCCCC)(CCCCCCCC)CCCCCCCC.[SiH4]. The van der Waals surface area contributed by atoms with Gasteiger partial charge in [-0.1, -0.05) is 182 Å². The van der Waals surface area contributed by atoms with E-state index in [4.69, 9.17) is 0 Å². The lowest BCUT2D eigenvalue weighted by molar-refractivity contribution is 0.538. The summed E-state index contributed by atoms with van der Waals surface area (Å²) in [7, 11) is -0.747. The zero-order valence-electron chi connectivity index (χ0n) is 29.9. The minimum Gasteiger partial charge on any atom is -0.0654 e. The highest BCUT2D eigenvalue weighted by atomic mass is 31.2. The van der Waals surface area contributed by atoms with Crippen molar-refractivity contribution in [2.75, 3.05) is 24.6 Å². The molecule has 0 unspecified atom stereocenters. The third-order valence-corrected chi connectivity index (χ3v) is 15.0. The summed E-state index contributed by atoms with van der Waals surface area (Å²) >= 11 is 0. The summed E-state index contributed by atoms with van der Waals surface area (Å²) in [4.78, 5) is 0. The topological polar surface area (TPSA) is 0 Å². The van der Waals surface area contributed by atoms with Crippen molar-refractivity contribution >= 4 is 18.2 Å². The Labute approximate surface area is 275 Å². The van der Waals surface area contributed by atoms with Crippen LogP contribution in [0, 0.1) is 0 Å². The van der Waals surface area contributed by atoms with E-state index in [2.05, 4.69) is 27.7 Å². The lowest BCUT2D eigenvalue weighted by atomic mass is 10.0. The molecule has 0 aromatic rings. The van der Waals surface area contributed by atoms with E-state index in [1.54, 1.807) is 50.3 Å². The molecule has 0 aromatic carbocycles. The fraction of sp³-hybridized carbons (Fsp3) is 1.00. The van der Waals surface area contributed by atoms with Crippen molar-refractivity contribution < 1.29 is 0 Å². The molecule has 0 aromatic heterocycles. The maximum atomic E-state index is 2.36. The van der Waals surface area contributed by atoms with E-state index in [1.807, 2.05) is 0 Å². The van der Waals surface area contributed by atoms with Crippen LogP contribution in [-0.4, -0.2) is 35.6 Å². The van der Waals surface area contributed by atoms with Crippen molar-refractivity contribution in [2.45, 2.75) is 233 Å². The molecule has 0 aliphatic carbocycles. The first kappa shape index (κ1) is 44.8. The summed E-state index contributed by atoms with van der Waals surface area (Å²) < 4.78 is 0. The first-order valence-corrected chi connectivity index (χ1v) is 22.6. The Kier molecular flexibility index (Phi) is 40.3. The van der Waals surface area contributed by atoms with Gasteiger partial charge in [-0.3, -0.25) is 0 Å². The first-order valence-electron chi connectivity index (χ1n) is 20.1. The van der Waals surface area contributed by atoms with Crippen molar-refractivity contribution in [3.8, 4) is 0 Å². The van der Waals surface area contributed by atoms with Gasteiger partial charge < -0.3 is 0 Å². The summed E-state index contributed by atoms with van der Waals surface area (Å²) in [5.41, 5.74) is 0. The molecule has 0 fully saturated rings. The molecule has 0 spiro atoms. The van der Waals surface area contributed by atoms with Gasteiger partial charge in [-0.15, -0.1) is 0 Å². The summed E-state index contributed by atoms with van der Waals surface area (Å²) in [6.07, 6.45) is 54.2.